The lowest BCUT2D eigenvalue weighted by Crippen LogP contribution is -2.17. The molecular weight excluding hydrogens is 427 g/mol. The first-order chi connectivity index (χ1) is 11.7. The molecule has 25 heavy (non-hydrogen) atoms. The number of alkyl halides is 3. The van der Waals surface area contributed by atoms with Gasteiger partial charge in [-0.2, -0.15) is 13.2 Å². The third kappa shape index (κ3) is 10.3. The summed E-state index contributed by atoms with van der Waals surface area (Å²) in [5, 5.41) is 0.494. The molecule has 10 heteroatoms. The molecule has 0 amide bonds. The topological polar surface area (TPSA) is 27.7 Å². The second-order valence-electron chi connectivity index (χ2n) is 4.74. The third-order valence-electron chi connectivity index (χ3n) is 2.65. The number of unbranched alkanes of at least 4 members (excludes halogenated alkanes) is 1. The summed E-state index contributed by atoms with van der Waals surface area (Å²) in [6.45, 7) is -0.877. The molecule has 0 unspecified atom stereocenters. The average Bonchev–Trinajstić information content (AvgIpc) is 2.47. The first-order valence-corrected chi connectivity index (χ1v) is 8.60. The van der Waals surface area contributed by atoms with Gasteiger partial charge < -0.3 is 14.2 Å². The van der Waals surface area contributed by atoms with E-state index < -0.39 is 12.8 Å². The minimum absolute atomic E-state index is 0.00619. The maximum absolute atomic E-state index is 11.9. The van der Waals surface area contributed by atoms with Gasteiger partial charge in [-0.3, -0.25) is 0 Å². The number of rotatable bonds is 10. The van der Waals surface area contributed by atoms with E-state index in [9.17, 15) is 13.2 Å². The molecule has 0 aliphatic rings. The Labute approximate surface area is 163 Å². The van der Waals surface area contributed by atoms with Crippen LogP contribution in [0.1, 0.15) is 12.8 Å². The lowest BCUT2D eigenvalue weighted by molar-refractivity contribution is -0.174. The fourth-order valence-electron chi connectivity index (χ4n) is 1.63. The lowest BCUT2D eigenvalue weighted by atomic mass is 10.3. The van der Waals surface area contributed by atoms with E-state index in [0.717, 1.165) is 0 Å². The minimum atomic E-state index is -4.31. The van der Waals surface area contributed by atoms with Crippen LogP contribution in [0.25, 0.3) is 0 Å². The summed E-state index contributed by atoms with van der Waals surface area (Å²) in [4.78, 5) is 0. The van der Waals surface area contributed by atoms with Crippen LogP contribution in [0.2, 0.25) is 10.0 Å². The molecule has 1 aromatic rings. The van der Waals surface area contributed by atoms with E-state index in [1.165, 1.54) is 18.2 Å². The number of halogens is 7. The molecule has 1 rings (SSSR count). The zero-order valence-corrected chi connectivity index (χ0v) is 15.9. The van der Waals surface area contributed by atoms with Crippen molar-refractivity contribution in [3.8, 4) is 11.5 Å². The van der Waals surface area contributed by atoms with Gasteiger partial charge in [0.25, 0.3) is 0 Å². The second kappa shape index (κ2) is 11.2. The fraction of sp³-hybridized carbons (Fsp3) is 0.467. The molecule has 0 atom stereocenters. The molecule has 3 nitrogen and oxygen atoms in total. The van der Waals surface area contributed by atoms with Gasteiger partial charge in [0.05, 0.1) is 16.7 Å². The van der Waals surface area contributed by atoms with Gasteiger partial charge in [0.15, 0.2) is 5.75 Å². The second-order valence-corrected chi connectivity index (χ2v) is 6.57. The SMILES string of the molecule is FC(F)(F)COCCCCOc1c(Cl)cc(OCC=C(Cl)Cl)cc1Cl. The Morgan fingerprint density at radius 2 is 1.60 bits per heavy atom. The molecule has 0 aliphatic carbocycles. The normalized spacial score (nSPS) is 11.3. The highest BCUT2D eigenvalue weighted by atomic mass is 35.5. The van der Waals surface area contributed by atoms with Gasteiger partial charge in [-0.1, -0.05) is 46.4 Å². The summed E-state index contributed by atoms with van der Waals surface area (Å²) in [7, 11) is 0. The first-order valence-electron chi connectivity index (χ1n) is 7.09. The van der Waals surface area contributed by atoms with Gasteiger partial charge in [0.2, 0.25) is 0 Å². The van der Waals surface area contributed by atoms with Crippen molar-refractivity contribution in [1.82, 2.24) is 0 Å². The summed E-state index contributed by atoms with van der Waals surface area (Å²) >= 11 is 23.1. The number of benzene rings is 1. The number of ether oxygens (including phenoxy) is 3. The van der Waals surface area contributed by atoms with Crippen LogP contribution in [0.15, 0.2) is 22.7 Å². The quantitative estimate of drug-likeness (QED) is 0.391. The summed E-state index contributed by atoms with van der Waals surface area (Å²) < 4.78 is 51.0. The Balaban J connectivity index is 2.37. The van der Waals surface area contributed by atoms with Gasteiger partial charge in [-0.05, 0) is 18.9 Å². The zero-order valence-electron chi connectivity index (χ0n) is 12.8. The molecule has 0 bridgehead atoms. The summed E-state index contributed by atoms with van der Waals surface area (Å²) in [6.07, 6.45) is -1.96. The van der Waals surface area contributed by atoms with E-state index >= 15 is 0 Å². The Morgan fingerprint density at radius 1 is 1.00 bits per heavy atom. The van der Waals surface area contributed by atoms with Crippen molar-refractivity contribution in [2.45, 2.75) is 19.0 Å². The van der Waals surface area contributed by atoms with Crippen LogP contribution in [0.3, 0.4) is 0 Å². The predicted octanol–water partition coefficient (Wildman–Crippen LogP) is 6.43. The maximum atomic E-state index is 11.9. The van der Waals surface area contributed by atoms with Crippen LogP contribution in [0.5, 0.6) is 11.5 Å². The molecule has 0 fully saturated rings. The van der Waals surface area contributed by atoms with Gasteiger partial charge in [-0.25, -0.2) is 0 Å². The molecule has 0 radical (unpaired) electrons. The lowest BCUT2D eigenvalue weighted by Gasteiger charge is -2.12. The van der Waals surface area contributed by atoms with Gasteiger partial charge in [0.1, 0.15) is 23.5 Å². The van der Waals surface area contributed by atoms with Crippen LogP contribution in [-0.2, 0) is 4.74 Å². The van der Waals surface area contributed by atoms with Crippen molar-refractivity contribution < 1.29 is 27.4 Å². The van der Waals surface area contributed by atoms with Crippen LogP contribution < -0.4 is 9.47 Å². The van der Waals surface area contributed by atoms with E-state index in [1.54, 1.807) is 0 Å². The van der Waals surface area contributed by atoms with Crippen LogP contribution in [0, 0.1) is 0 Å². The molecule has 0 N–H and O–H groups in total. The molecule has 0 spiro atoms. The molecule has 0 heterocycles. The summed E-state index contributed by atoms with van der Waals surface area (Å²) in [5.41, 5.74) is 0. The predicted molar refractivity (Wildman–Crippen MR) is 93.3 cm³/mol. The van der Waals surface area contributed by atoms with Crippen LogP contribution >= 0.6 is 46.4 Å². The largest absolute Gasteiger partial charge is 0.490 e. The van der Waals surface area contributed by atoms with Crippen molar-refractivity contribution >= 4 is 46.4 Å². The fourth-order valence-corrected chi connectivity index (χ4v) is 2.33. The van der Waals surface area contributed by atoms with E-state index in [1.807, 2.05) is 0 Å². The Bertz CT molecular complexity index is 553. The monoisotopic (exact) mass is 440 g/mol. The average molecular weight is 442 g/mol. The van der Waals surface area contributed by atoms with Crippen molar-refractivity contribution in [3.05, 3.63) is 32.7 Å². The maximum Gasteiger partial charge on any atom is 0.411 e. The Kier molecular flexibility index (Phi) is 10.1. The van der Waals surface area contributed by atoms with E-state index in [-0.39, 0.29) is 40.1 Å². The van der Waals surface area contributed by atoms with Crippen molar-refractivity contribution in [2.75, 3.05) is 26.4 Å². The van der Waals surface area contributed by atoms with Crippen molar-refractivity contribution in [3.63, 3.8) is 0 Å². The van der Waals surface area contributed by atoms with Crippen molar-refractivity contribution in [2.24, 2.45) is 0 Å². The highest BCUT2D eigenvalue weighted by Crippen LogP contribution is 2.37. The summed E-state index contributed by atoms with van der Waals surface area (Å²) in [6, 6.07) is 3.04. The van der Waals surface area contributed by atoms with Crippen LogP contribution in [-0.4, -0.2) is 32.6 Å². The zero-order chi connectivity index (χ0) is 18.9. The molecule has 0 saturated heterocycles. The molecule has 1 aromatic carbocycles. The third-order valence-corrected chi connectivity index (χ3v) is 3.52. The minimum Gasteiger partial charge on any atom is -0.490 e. The molecular formula is C15H15Cl4F3O3. The highest BCUT2D eigenvalue weighted by Gasteiger charge is 2.27. The molecule has 0 aromatic heterocycles. The smallest absolute Gasteiger partial charge is 0.411 e. The molecule has 142 valence electrons. The molecule has 0 saturated carbocycles. The van der Waals surface area contributed by atoms with Crippen molar-refractivity contribution in [1.29, 1.82) is 0 Å². The highest BCUT2D eigenvalue weighted by molar-refractivity contribution is 6.55. The first kappa shape index (κ1) is 22.5. The molecule has 0 aliphatic heterocycles. The van der Waals surface area contributed by atoms with Gasteiger partial charge in [0, 0.05) is 18.7 Å². The van der Waals surface area contributed by atoms with E-state index in [2.05, 4.69) is 4.74 Å². The van der Waals surface area contributed by atoms with Crippen LogP contribution in [0.4, 0.5) is 13.2 Å². The summed E-state index contributed by atoms with van der Waals surface area (Å²) in [5.74, 6) is 0.687. The van der Waals surface area contributed by atoms with E-state index in [4.69, 9.17) is 55.9 Å². The van der Waals surface area contributed by atoms with E-state index in [0.29, 0.717) is 18.6 Å². The Morgan fingerprint density at radius 3 is 2.16 bits per heavy atom. The van der Waals surface area contributed by atoms with Gasteiger partial charge in [-0.15, -0.1) is 0 Å². The standard InChI is InChI=1S/C15H15Cl4F3O3/c16-11-7-10(24-6-3-13(18)19)8-12(17)14(11)25-5-2-1-4-23-9-15(20,21)22/h3,7-8H,1-2,4-6,9H2. The van der Waals surface area contributed by atoms with Gasteiger partial charge >= 0.3 is 6.18 Å². The number of hydrogen-bond acceptors (Lipinski definition) is 3. The Hall–Kier alpha value is -0.530. The number of hydrogen-bond donors (Lipinski definition) is 0.